The Morgan fingerprint density at radius 3 is 2.61 bits per heavy atom. The van der Waals surface area contributed by atoms with Crippen molar-refractivity contribution in [1.29, 1.82) is 0 Å². The minimum Gasteiger partial charge on any atom is -0.371 e. The molecule has 0 atom stereocenters. The van der Waals surface area contributed by atoms with Crippen molar-refractivity contribution in [2.45, 2.75) is 45.2 Å². The van der Waals surface area contributed by atoms with Crippen LogP contribution in [0.4, 0.5) is 10.1 Å². The molecule has 174 valence electrons. The third kappa shape index (κ3) is 6.89. The second kappa shape index (κ2) is 11.1. The molecule has 1 aromatic heterocycles. The zero-order valence-electron chi connectivity index (χ0n) is 19.0. The van der Waals surface area contributed by atoms with Gasteiger partial charge in [0.2, 0.25) is 5.91 Å². The van der Waals surface area contributed by atoms with E-state index in [1.807, 2.05) is 31.2 Å². The predicted octanol–water partition coefficient (Wildman–Crippen LogP) is 3.78. The molecule has 0 aliphatic carbocycles. The van der Waals surface area contributed by atoms with Gasteiger partial charge in [-0.05, 0) is 61.6 Å². The zero-order chi connectivity index (χ0) is 23.0. The standard InChI is InChI=1S/C26H31FN4O2/c1-19-15-25(33-30-19)18-29-23-10-13-31(14-11-23)24-7-5-21(6-8-24)17-26(32)28-12-9-20-3-2-4-22(27)16-20/h2-8,15-16,23,29H,9-14,17-18H2,1H3,(H,28,32). The topological polar surface area (TPSA) is 70.4 Å². The molecule has 2 aromatic carbocycles. The predicted molar refractivity (Wildman–Crippen MR) is 127 cm³/mol. The lowest BCUT2D eigenvalue weighted by molar-refractivity contribution is -0.120. The minimum atomic E-state index is -0.249. The molecule has 0 radical (unpaired) electrons. The average Bonchev–Trinajstić information content (AvgIpc) is 3.24. The van der Waals surface area contributed by atoms with Crippen LogP contribution in [0.3, 0.4) is 0 Å². The fourth-order valence-corrected chi connectivity index (χ4v) is 4.20. The van der Waals surface area contributed by atoms with E-state index < -0.39 is 0 Å². The van der Waals surface area contributed by atoms with E-state index in [0.717, 1.165) is 48.5 Å². The van der Waals surface area contributed by atoms with Crippen LogP contribution in [0.2, 0.25) is 0 Å². The summed E-state index contributed by atoms with van der Waals surface area (Å²) in [6.45, 7) is 5.13. The number of anilines is 1. The van der Waals surface area contributed by atoms with E-state index in [9.17, 15) is 9.18 Å². The Labute approximate surface area is 194 Å². The molecule has 3 aromatic rings. The first kappa shape index (κ1) is 23.0. The van der Waals surface area contributed by atoms with Gasteiger partial charge in [-0.1, -0.05) is 29.4 Å². The van der Waals surface area contributed by atoms with Gasteiger partial charge in [-0.25, -0.2) is 4.39 Å². The number of hydrogen-bond acceptors (Lipinski definition) is 5. The number of aromatic nitrogens is 1. The van der Waals surface area contributed by atoms with Crippen molar-refractivity contribution in [2.75, 3.05) is 24.5 Å². The third-order valence-electron chi connectivity index (χ3n) is 6.03. The Hall–Kier alpha value is -3.19. The number of rotatable bonds is 9. The summed E-state index contributed by atoms with van der Waals surface area (Å²) in [6, 6.07) is 17.2. The molecule has 1 saturated heterocycles. The van der Waals surface area contributed by atoms with Crippen molar-refractivity contribution >= 4 is 11.6 Å². The molecule has 6 nitrogen and oxygen atoms in total. The number of piperidine rings is 1. The number of carbonyl (C=O) groups is 1. The van der Waals surface area contributed by atoms with Crippen LogP contribution in [0.15, 0.2) is 59.1 Å². The van der Waals surface area contributed by atoms with Gasteiger partial charge in [0, 0.05) is 37.4 Å². The van der Waals surface area contributed by atoms with E-state index >= 15 is 0 Å². The van der Waals surface area contributed by atoms with E-state index in [1.165, 1.54) is 17.8 Å². The van der Waals surface area contributed by atoms with E-state index in [2.05, 4.69) is 32.8 Å². The molecular weight excluding hydrogens is 419 g/mol. The molecule has 1 fully saturated rings. The summed E-state index contributed by atoms with van der Waals surface area (Å²) in [7, 11) is 0. The van der Waals surface area contributed by atoms with Gasteiger partial charge in [0.1, 0.15) is 5.82 Å². The van der Waals surface area contributed by atoms with Crippen molar-refractivity contribution in [3.63, 3.8) is 0 Å². The number of carbonyl (C=O) groups excluding carboxylic acids is 1. The normalized spacial score (nSPS) is 14.4. The van der Waals surface area contributed by atoms with Crippen LogP contribution in [-0.4, -0.2) is 36.7 Å². The maximum atomic E-state index is 13.2. The first-order chi connectivity index (χ1) is 16.0. The maximum absolute atomic E-state index is 13.2. The van der Waals surface area contributed by atoms with Gasteiger partial charge in [0.05, 0.1) is 18.7 Å². The lowest BCUT2D eigenvalue weighted by Gasteiger charge is -2.34. The first-order valence-electron chi connectivity index (χ1n) is 11.6. The van der Waals surface area contributed by atoms with Crippen LogP contribution in [0, 0.1) is 12.7 Å². The number of aryl methyl sites for hydroxylation is 1. The highest BCUT2D eigenvalue weighted by Gasteiger charge is 2.19. The van der Waals surface area contributed by atoms with Gasteiger partial charge in [-0.2, -0.15) is 0 Å². The molecule has 7 heteroatoms. The number of amides is 1. The van der Waals surface area contributed by atoms with Crippen molar-refractivity contribution in [3.05, 3.63) is 83.0 Å². The van der Waals surface area contributed by atoms with Gasteiger partial charge >= 0.3 is 0 Å². The second-order valence-corrected chi connectivity index (χ2v) is 8.65. The molecule has 1 aliphatic rings. The molecule has 2 N–H and O–H groups in total. The monoisotopic (exact) mass is 450 g/mol. The largest absolute Gasteiger partial charge is 0.371 e. The van der Waals surface area contributed by atoms with E-state index in [0.29, 0.717) is 32.0 Å². The number of hydrogen-bond donors (Lipinski definition) is 2. The van der Waals surface area contributed by atoms with Crippen LogP contribution < -0.4 is 15.5 Å². The van der Waals surface area contributed by atoms with Crippen LogP contribution in [0.1, 0.15) is 35.4 Å². The van der Waals surface area contributed by atoms with Gasteiger partial charge in [0.15, 0.2) is 5.76 Å². The molecule has 0 unspecified atom stereocenters. The Balaban J connectivity index is 1.17. The van der Waals surface area contributed by atoms with Gasteiger partial charge in [-0.3, -0.25) is 4.79 Å². The van der Waals surface area contributed by atoms with Crippen molar-refractivity contribution in [2.24, 2.45) is 0 Å². The summed E-state index contributed by atoms with van der Waals surface area (Å²) in [4.78, 5) is 14.6. The molecule has 1 amide bonds. The number of halogens is 1. The molecule has 33 heavy (non-hydrogen) atoms. The summed E-state index contributed by atoms with van der Waals surface area (Å²) >= 11 is 0. The van der Waals surface area contributed by atoms with E-state index in [4.69, 9.17) is 4.52 Å². The number of nitrogens with one attached hydrogen (secondary N) is 2. The Bertz CT molecular complexity index is 1040. The summed E-state index contributed by atoms with van der Waals surface area (Å²) < 4.78 is 18.5. The highest BCUT2D eigenvalue weighted by Crippen LogP contribution is 2.21. The summed E-state index contributed by atoms with van der Waals surface area (Å²) in [5.41, 5.74) is 3.97. The molecule has 0 bridgehead atoms. The smallest absolute Gasteiger partial charge is 0.224 e. The van der Waals surface area contributed by atoms with Crippen LogP contribution in [-0.2, 0) is 24.2 Å². The summed E-state index contributed by atoms with van der Waals surface area (Å²) in [6.07, 6.45) is 3.10. The molecule has 2 heterocycles. The second-order valence-electron chi connectivity index (χ2n) is 8.65. The van der Waals surface area contributed by atoms with Crippen molar-refractivity contribution < 1.29 is 13.7 Å². The summed E-state index contributed by atoms with van der Waals surface area (Å²) in [5.74, 6) is 0.609. The van der Waals surface area contributed by atoms with Gasteiger partial charge in [-0.15, -0.1) is 0 Å². The lowest BCUT2D eigenvalue weighted by Crippen LogP contribution is -2.42. The first-order valence-corrected chi connectivity index (χ1v) is 11.6. The Kier molecular flexibility index (Phi) is 7.73. The highest BCUT2D eigenvalue weighted by atomic mass is 19.1. The van der Waals surface area contributed by atoms with E-state index in [1.54, 1.807) is 6.07 Å². The maximum Gasteiger partial charge on any atom is 0.224 e. The number of benzene rings is 2. The Morgan fingerprint density at radius 1 is 1.12 bits per heavy atom. The molecule has 1 aliphatic heterocycles. The average molecular weight is 451 g/mol. The molecule has 4 rings (SSSR count). The fourth-order valence-electron chi connectivity index (χ4n) is 4.20. The SMILES string of the molecule is Cc1cc(CNC2CCN(c3ccc(CC(=O)NCCc4cccc(F)c4)cc3)CC2)on1. The fraction of sp³-hybridized carbons (Fsp3) is 0.385. The van der Waals surface area contributed by atoms with Gasteiger partial charge < -0.3 is 20.1 Å². The third-order valence-corrected chi connectivity index (χ3v) is 6.03. The quantitative estimate of drug-likeness (QED) is 0.519. The van der Waals surface area contributed by atoms with Crippen LogP contribution in [0.25, 0.3) is 0 Å². The molecular formula is C26H31FN4O2. The zero-order valence-corrected chi connectivity index (χ0v) is 19.0. The highest BCUT2D eigenvalue weighted by molar-refractivity contribution is 5.78. The van der Waals surface area contributed by atoms with Gasteiger partial charge in [0.25, 0.3) is 0 Å². The van der Waals surface area contributed by atoms with E-state index in [-0.39, 0.29) is 11.7 Å². The summed E-state index contributed by atoms with van der Waals surface area (Å²) in [5, 5.41) is 10.4. The Morgan fingerprint density at radius 2 is 1.91 bits per heavy atom. The van der Waals surface area contributed by atoms with Crippen molar-refractivity contribution in [3.8, 4) is 0 Å². The lowest BCUT2D eigenvalue weighted by atomic mass is 10.0. The van der Waals surface area contributed by atoms with Crippen molar-refractivity contribution in [1.82, 2.24) is 15.8 Å². The molecule has 0 spiro atoms. The van der Waals surface area contributed by atoms with Crippen LogP contribution >= 0.6 is 0 Å². The molecule has 0 saturated carbocycles. The van der Waals surface area contributed by atoms with Crippen LogP contribution in [0.5, 0.6) is 0 Å². The number of nitrogens with zero attached hydrogens (tertiary/aromatic N) is 2. The minimum absolute atomic E-state index is 0.0204.